The average Bonchev–Trinajstić information content (AvgIpc) is 3.15. The highest BCUT2D eigenvalue weighted by molar-refractivity contribution is 9.10. The molecule has 0 radical (unpaired) electrons. The summed E-state index contributed by atoms with van der Waals surface area (Å²) in [5, 5.41) is 9.30. The zero-order valence-electron chi connectivity index (χ0n) is 11.9. The summed E-state index contributed by atoms with van der Waals surface area (Å²) in [7, 11) is 0. The van der Waals surface area contributed by atoms with Crippen LogP contribution in [0.15, 0.2) is 28.7 Å². The molecule has 5 heteroatoms. The lowest BCUT2D eigenvalue weighted by Crippen LogP contribution is -2.40. The molecule has 2 aliphatic rings. The van der Waals surface area contributed by atoms with Gasteiger partial charge in [0.15, 0.2) is 0 Å². The summed E-state index contributed by atoms with van der Waals surface area (Å²) in [6, 6.07) is 7.87. The van der Waals surface area contributed by atoms with Gasteiger partial charge in [-0.15, -0.1) is 0 Å². The lowest BCUT2D eigenvalue weighted by molar-refractivity contribution is -0.147. The molecule has 1 heterocycles. The number of aliphatic carboxylic acids is 1. The number of rotatable bonds is 3. The Kier molecular flexibility index (Phi) is 3.35. The van der Waals surface area contributed by atoms with Gasteiger partial charge in [-0.1, -0.05) is 28.1 Å². The molecule has 21 heavy (non-hydrogen) atoms. The number of hydrogen-bond acceptors (Lipinski definition) is 2. The summed E-state index contributed by atoms with van der Waals surface area (Å²) in [6.45, 7) is 2.58. The Morgan fingerprint density at radius 2 is 2.00 bits per heavy atom. The third-order valence-electron chi connectivity index (χ3n) is 4.81. The quantitative estimate of drug-likeness (QED) is 0.910. The molecule has 1 saturated carbocycles. The lowest BCUT2D eigenvalue weighted by Gasteiger charge is -2.25. The van der Waals surface area contributed by atoms with E-state index < -0.39 is 16.8 Å². The van der Waals surface area contributed by atoms with Crippen LogP contribution in [-0.2, 0) is 15.0 Å². The first-order valence-electron chi connectivity index (χ1n) is 7.16. The molecule has 1 N–H and O–H groups in total. The molecular weight excluding hydrogens is 334 g/mol. The van der Waals surface area contributed by atoms with Gasteiger partial charge in [0.1, 0.15) is 0 Å². The fraction of sp³-hybridized carbons (Fsp3) is 0.500. The van der Waals surface area contributed by atoms with E-state index in [2.05, 4.69) is 15.9 Å². The zero-order chi connectivity index (χ0) is 15.3. The van der Waals surface area contributed by atoms with Crippen LogP contribution < -0.4 is 0 Å². The Balaban J connectivity index is 1.82. The highest BCUT2D eigenvalue weighted by Crippen LogP contribution is 2.51. The molecular formula is C16H18BrNO3. The van der Waals surface area contributed by atoms with Crippen molar-refractivity contribution in [2.24, 2.45) is 5.41 Å². The SMILES string of the molecule is CC1(C(=O)O)CCN(C(=O)C2(c3cccc(Br)c3)CC2)C1. The van der Waals surface area contributed by atoms with Gasteiger partial charge in [0, 0.05) is 17.6 Å². The molecule has 1 saturated heterocycles. The Labute approximate surface area is 132 Å². The van der Waals surface area contributed by atoms with Crippen molar-refractivity contribution in [2.45, 2.75) is 31.6 Å². The van der Waals surface area contributed by atoms with Crippen LogP contribution >= 0.6 is 15.9 Å². The number of carboxylic acids is 1. The molecule has 1 aromatic rings. The molecule has 0 bridgehead atoms. The maximum absolute atomic E-state index is 12.9. The number of likely N-dealkylation sites (tertiary alicyclic amines) is 1. The summed E-state index contributed by atoms with van der Waals surface area (Å²) in [5.74, 6) is -0.726. The molecule has 112 valence electrons. The average molecular weight is 352 g/mol. The van der Waals surface area contributed by atoms with Gasteiger partial charge in [0.05, 0.1) is 10.8 Å². The second kappa shape index (κ2) is 4.83. The first-order chi connectivity index (χ1) is 9.87. The van der Waals surface area contributed by atoms with Crippen LogP contribution in [0.3, 0.4) is 0 Å². The second-order valence-corrected chi connectivity index (χ2v) is 7.35. The van der Waals surface area contributed by atoms with Crippen molar-refractivity contribution in [2.75, 3.05) is 13.1 Å². The van der Waals surface area contributed by atoms with E-state index in [1.807, 2.05) is 24.3 Å². The highest BCUT2D eigenvalue weighted by Gasteiger charge is 2.55. The van der Waals surface area contributed by atoms with Gasteiger partial charge >= 0.3 is 5.97 Å². The van der Waals surface area contributed by atoms with Crippen molar-refractivity contribution >= 4 is 27.8 Å². The number of carbonyl (C=O) groups excluding carboxylic acids is 1. The lowest BCUT2D eigenvalue weighted by atomic mass is 9.90. The monoisotopic (exact) mass is 351 g/mol. The smallest absolute Gasteiger partial charge is 0.311 e. The predicted molar refractivity (Wildman–Crippen MR) is 82.0 cm³/mol. The standard InChI is InChI=1S/C16H18BrNO3/c1-15(14(20)21)7-8-18(10-15)13(19)16(5-6-16)11-3-2-4-12(17)9-11/h2-4,9H,5-8,10H2,1H3,(H,20,21). The zero-order valence-corrected chi connectivity index (χ0v) is 13.5. The number of nitrogens with zero attached hydrogens (tertiary/aromatic N) is 1. The van der Waals surface area contributed by atoms with Crippen LogP contribution in [0.5, 0.6) is 0 Å². The van der Waals surface area contributed by atoms with E-state index >= 15 is 0 Å². The van der Waals surface area contributed by atoms with Crippen LogP contribution in [0.4, 0.5) is 0 Å². The Hall–Kier alpha value is -1.36. The maximum atomic E-state index is 12.9. The third-order valence-corrected chi connectivity index (χ3v) is 5.31. The van der Waals surface area contributed by atoms with E-state index in [-0.39, 0.29) is 5.91 Å². The molecule has 2 fully saturated rings. The first kappa shape index (κ1) is 14.6. The minimum absolute atomic E-state index is 0.0885. The fourth-order valence-electron chi connectivity index (χ4n) is 3.15. The van der Waals surface area contributed by atoms with Gasteiger partial charge in [-0.25, -0.2) is 0 Å². The maximum Gasteiger partial charge on any atom is 0.311 e. The number of halogens is 1. The van der Waals surface area contributed by atoms with E-state index in [9.17, 15) is 14.7 Å². The molecule has 0 spiro atoms. The summed E-state index contributed by atoms with van der Waals surface area (Å²) in [5.41, 5.74) is -0.192. The van der Waals surface area contributed by atoms with E-state index in [1.54, 1.807) is 11.8 Å². The summed E-state index contributed by atoms with van der Waals surface area (Å²) < 4.78 is 0.968. The van der Waals surface area contributed by atoms with Crippen molar-refractivity contribution in [3.05, 3.63) is 34.3 Å². The van der Waals surface area contributed by atoms with Crippen LogP contribution in [0.25, 0.3) is 0 Å². The summed E-state index contributed by atoms with van der Waals surface area (Å²) in [4.78, 5) is 25.9. The van der Waals surface area contributed by atoms with Gasteiger partial charge in [-0.2, -0.15) is 0 Å². The van der Waals surface area contributed by atoms with Crippen molar-refractivity contribution in [1.82, 2.24) is 4.90 Å². The van der Waals surface area contributed by atoms with Crippen LogP contribution in [-0.4, -0.2) is 35.0 Å². The largest absolute Gasteiger partial charge is 0.481 e. The van der Waals surface area contributed by atoms with E-state index in [4.69, 9.17) is 0 Å². The number of carbonyl (C=O) groups is 2. The fourth-order valence-corrected chi connectivity index (χ4v) is 3.55. The predicted octanol–water partition coefficient (Wildman–Crippen LogP) is 2.80. The summed E-state index contributed by atoms with van der Waals surface area (Å²) in [6.07, 6.45) is 2.23. The molecule has 1 unspecified atom stereocenters. The first-order valence-corrected chi connectivity index (χ1v) is 7.96. The highest BCUT2D eigenvalue weighted by atomic mass is 79.9. The van der Waals surface area contributed by atoms with Gasteiger partial charge in [-0.3, -0.25) is 9.59 Å². The van der Waals surface area contributed by atoms with Crippen molar-refractivity contribution in [3.8, 4) is 0 Å². The van der Waals surface area contributed by atoms with Crippen LogP contribution in [0, 0.1) is 5.41 Å². The summed E-state index contributed by atoms with van der Waals surface area (Å²) >= 11 is 3.45. The third kappa shape index (κ3) is 2.37. The van der Waals surface area contributed by atoms with Gasteiger partial charge in [0.2, 0.25) is 5.91 Å². The molecule has 4 nitrogen and oxygen atoms in total. The normalized spacial score (nSPS) is 26.7. The number of hydrogen-bond donors (Lipinski definition) is 1. The van der Waals surface area contributed by atoms with Gasteiger partial charge in [-0.05, 0) is 43.9 Å². The van der Waals surface area contributed by atoms with Gasteiger partial charge < -0.3 is 10.0 Å². The minimum atomic E-state index is -0.815. The Morgan fingerprint density at radius 1 is 1.29 bits per heavy atom. The van der Waals surface area contributed by atoms with Crippen molar-refractivity contribution in [1.29, 1.82) is 0 Å². The van der Waals surface area contributed by atoms with E-state index in [1.165, 1.54) is 0 Å². The van der Waals surface area contributed by atoms with Crippen molar-refractivity contribution in [3.63, 3.8) is 0 Å². The Morgan fingerprint density at radius 3 is 2.52 bits per heavy atom. The van der Waals surface area contributed by atoms with E-state index in [0.29, 0.717) is 19.5 Å². The van der Waals surface area contributed by atoms with E-state index in [0.717, 1.165) is 22.9 Å². The Bertz CT molecular complexity index is 611. The van der Waals surface area contributed by atoms with Crippen molar-refractivity contribution < 1.29 is 14.7 Å². The number of carboxylic acid groups (broad SMARTS) is 1. The van der Waals surface area contributed by atoms with Crippen LogP contribution in [0.2, 0.25) is 0 Å². The van der Waals surface area contributed by atoms with Gasteiger partial charge in [0.25, 0.3) is 0 Å². The molecule has 1 aliphatic heterocycles. The van der Waals surface area contributed by atoms with Crippen LogP contribution in [0.1, 0.15) is 31.7 Å². The number of amides is 1. The molecule has 0 aromatic heterocycles. The topological polar surface area (TPSA) is 57.6 Å². The molecule has 3 rings (SSSR count). The molecule has 1 amide bonds. The number of benzene rings is 1. The molecule has 1 aromatic carbocycles. The second-order valence-electron chi connectivity index (χ2n) is 6.43. The molecule has 1 aliphatic carbocycles. The minimum Gasteiger partial charge on any atom is -0.481 e. The molecule has 1 atom stereocenters.